The fourth-order valence-electron chi connectivity index (χ4n) is 2.87. The number of hydrogen-bond acceptors (Lipinski definition) is 1. The van der Waals surface area contributed by atoms with E-state index < -0.39 is 5.41 Å². The first-order valence-corrected chi connectivity index (χ1v) is 8.08. The molecule has 2 aromatic carbocycles. The van der Waals surface area contributed by atoms with Crippen LogP contribution in [-0.2, 0) is 16.6 Å². The summed E-state index contributed by atoms with van der Waals surface area (Å²) in [5.74, 6) is -0.358. The van der Waals surface area contributed by atoms with Gasteiger partial charge in [-0.15, -0.1) is 0 Å². The van der Waals surface area contributed by atoms with E-state index in [1.165, 1.54) is 23.1 Å². The Labute approximate surface area is 140 Å². The molecule has 0 aliphatic rings. The normalized spacial score (nSPS) is 11.6. The maximum Gasteiger partial charge on any atom is 0.230 e. The number of halogens is 1. The first-order chi connectivity index (χ1) is 11.5. The minimum absolute atomic E-state index is 0.0612. The van der Waals surface area contributed by atoms with E-state index >= 15 is 0 Å². The summed E-state index contributed by atoms with van der Waals surface area (Å²) in [6.45, 7) is 4.26. The van der Waals surface area contributed by atoms with Gasteiger partial charge in [-0.05, 0) is 49.6 Å². The molecule has 3 nitrogen and oxygen atoms in total. The van der Waals surface area contributed by atoms with Crippen molar-refractivity contribution in [1.29, 1.82) is 0 Å². The molecule has 0 fully saturated rings. The highest BCUT2D eigenvalue weighted by Gasteiger charge is 2.29. The molecule has 0 atom stereocenters. The minimum Gasteiger partial charge on any atom is -0.361 e. The van der Waals surface area contributed by atoms with Gasteiger partial charge in [0.2, 0.25) is 5.91 Å². The fourth-order valence-corrected chi connectivity index (χ4v) is 2.87. The molecule has 0 saturated carbocycles. The average molecular weight is 324 g/mol. The lowest BCUT2D eigenvalue weighted by Gasteiger charge is -2.24. The topological polar surface area (TPSA) is 44.9 Å². The van der Waals surface area contributed by atoms with Crippen molar-refractivity contribution in [3.63, 3.8) is 0 Å². The lowest BCUT2D eigenvalue weighted by molar-refractivity contribution is -0.125. The van der Waals surface area contributed by atoms with Crippen LogP contribution in [0.25, 0.3) is 10.9 Å². The molecule has 2 N–H and O–H groups in total. The zero-order chi connectivity index (χ0) is 17.2. The van der Waals surface area contributed by atoms with Crippen LogP contribution in [0.3, 0.4) is 0 Å². The Morgan fingerprint density at radius 3 is 2.58 bits per heavy atom. The molecule has 0 bridgehead atoms. The molecule has 1 heterocycles. The third-order valence-corrected chi connectivity index (χ3v) is 4.49. The fraction of sp³-hybridized carbons (Fsp3) is 0.250. The summed E-state index contributed by atoms with van der Waals surface area (Å²) in [5, 5.41) is 4.18. The molecule has 3 rings (SSSR count). The van der Waals surface area contributed by atoms with Crippen LogP contribution in [0.15, 0.2) is 54.7 Å². The molecule has 0 aliphatic heterocycles. The number of fused-ring (bicyclic) bond motifs is 1. The Morgan fingerprint density at radius 2 is 1.83 bits per heavy atom. The Balaban J connectivity index is 1.63. The first kappa shape index (κ1) is 16.2. The van der Waals surface area contributed by atoms with E-state index in [2.05, 4.69) is 16.4 Å². The third-order valence-electron chi connectivity index (χ3n) is 4.49. The molecular formula is C20H21FN2O. The summed E-state index contributed by atoms with van der Waals surface area (Å²) >= 11 is 0. The highest BCUT2D eigenvalue weighted by Crippen LogP contribution is 2.24. The number of para-hydroxylation sites is 1. The van der Waals surface area contributed by atoms with Crippen molar-refractivity contribution < 1.29 is 9.18 Å². The van der Waals surface area contributed by atoms with E-state index in [-0.39, 0.29) is 11.7 Å². The van der Waals surface area contributed by atoms with E-state index in [9.17, 15) is 9.18 Å². The van der Waals surface area contributed by atoms with Crippen molar-refractivity contribution in [3.05, 3.63) is 71.7 Å². The maximum absolute atomic E-state index is 13.1. The highest BCUT2D eigenvalue weighted by atomic mass is 19.1. The second-order valence-electron chi connectivity index (χ2n) is 6.50. The molecule has 0 radical (unpaired) electrons. The molecule has 0 spiro atoms. The van der Waals surface area contributed by atoms with Crippen LogP contribution < -0.4 is 5.32 Å². The predicted octanol–water partition coefficient (Wildman–Crippen LogP) is 3.94. The number of aromatic nitrogens is 1. The van der Waals surface area contributed by atoms with Gasteiger partial charge in [-0.3, -0.25) is 4.79 Å². The number of carbonyl (C=O) groups excluding carboxylic acids is 1. The Kier molecular flexibility index (Phi) is 4.38. The third kappa shape index (κ3) is 3.18. The van der Waals surface area contributed by atoms with Crippen LogP contribution >= 0.6 is 0 Å². The summed E-state index contributed by atoms with van der Waals surface area (Å²) in [7, 11) is 0. The van der Waals surface area contributed by atoms with Crippen LogP contribution in [-0.4, -0.2) is 17.4 Å². The number of rotatable bonds is 5. The van der Waals surface area contributed by atoms with Gasteiger partial charge in [-0.1, -0.05) is 30.3 Å². The van der Waals surface area contributed by atoms with Gasteiger partial charge in [0.05, 0.1) is 5.41 Å². The number of H-pyrrole nitrogens is 1. The summed E-state index contributed by atoms with van der Waals surface area (Å²) < 4.78 is 13.1. The van der Waals surface area contributed by atoms with E-state index in [4.69, 9.17) is 0 Å². The van der Waals surface area contributed by atoms with Crippen LogP contribution in [0.5, 0.6) is 0 Å². The van der Waals surface area contributed by atoms with E-state index in [0.717, 1.165) is 17.5 Å². The molecular weight excluding hydrogens is 303 g/mol. The number of benzene rings is 2. The SMILES string of the molecule is CC(C)(C(=O)NCCc1c[nH]c2ccccc12)c1ccc(F)cc1. The van der Waals surface area contributed by atoms with Gasteiger partial charge in [-0.2, -0.15) is 0 Å². The summed E-state index contributed by atoms with van der Waals surface area (Å²) in [4.78, 5) is 15.8. The number of nitrogens with one attached hydrogen (secondary N) is 2. The summed E-state index contributed by atoms with van der Waals surface area (Å²) in [6, 6.07) is 14.2. The van der Waals surface area contributed by atoms with Crippen LogP contribution in [0.2, 0.25) is 0 Å². The van der Waals surface area contributed by atoms with Gasteiger partial charge in [0.25, 0.3) is 0 Å². The Morgan fingerprint density at radius 1 is 1.12 bits per heavy atom. The largest absolute Gasteiger partial charge is 0.361 e. The minimum atomic E-state index is -0.700. The van der Waals surface area contributed by atoms with Crippen molar-refractivity contribution in [2.45, 2.75) is 25.7 Å². The van der Waals surface area contributed by atoms with Crippen molar-refractivity contribution >= 4 is 16.8 Å². The Bertz CT molecular complexity index is 849. The van der Waals surface area contributed by atoms with Crippen LogP contribution in [0.4, 0.5) is 4.39 Å². The van der Waals surface area contributed by atoms with Gasteiger partial charge < -0.3 is 10.3 Å². The molecule has 3 aromatic rings. The maximum atomic E-state index is 13.1. The molecule has 0 unspecified atom stereocenters. The van der Waals surface area contributed by atoms with E-state index in [1.807, 2.05) is 38.2 Å². The lowest BCUT2D eigenvalue weighted by Crippen LogP contribution is -2.40. The number of carbonyl (C=O) groups is 1. The van der Waals surface area contributed by atoms with Crippen molar-refractivity contribution in [3.8, 4) is 0 Å². The van der Waals surface area contributed by atoms with Crippen molar-refractivity contribution in [1.82, 2.24) is 10.3 Å². The smallest absolute Gasteiger partial charge is 0.230 e. The number of hydrogen-bond donors (Lipinski definition) is 2. The zero-order valence-corrected chi connectivity index (χ0v) is 13.9. The predicted molar refractivity (Wildman–Crippen MR) is 94.4 cm³/mol. The van der Waals surface area contributed by atoms with Gasteiger partial charge in [0, 0.05) is 23.6 Å². The van der Waals surface area contributed by atoms with Crippen LogP contribution in [0.1, 0.15) is 25.0 Å². The molecule has 4 heteroatoms. The average Bonchev–Trinajstić information content (AvgIpc) is 2.98. The number of amides is 1. The van der Waals surface area contributed by atoms with Gasteiger partial charge in [-0.25, -0.2) is 4.39 Å². The molecule has 1 aromatic heterocycles. The molecule has 1 amide bonds. The lowest BCUT2D eigenvalue weighted by atomic mass is 9.83. The van der Waals surface area contributed by atoms with Crippen molar-refractivity contribution in [2.75, 3.05) is 6.54 Å². The van der Waals surface area contributed by atoms with Gasteiger partial charge in [0.15, 0.2) is 0 Å². The van der Waals surface area contributed by atoms with Gasteiger partial charge in [0.1, 0.15) is 5.82 Å². The number of aromatic amines is 1. The summed E-state index contributed by atoms with van der Waals surface area (Å²) in [5.41, 5.74) is 2.39. The van der Waals surface area contributed by atoms with E-state index in [0.29, 0.717) is 6.54 Å². The second kappa shape index (κ2) is 6.48. The zero-order valence-electron chi connectivity index (χ0n) is 13.9. The standard InChI is InChI=1S/C20H21FN2O/c1-20(2,15-7-9-16(21)10-8-15)19(24)22-12-11-14-13-23-18-6-4-3-5-17(14)18/h3-10,13,23H,11-12H2,1-2H3,(H,22,24). The molecule has 124 valence electrons. The molecule has 0 aliphatic carbocycles. The van der Waals surface area contributed by atoms with Gasteiger partial charge >= 0.3 is 0 Å². The van der Waals surface area contributed by atoms with E-state index in [1.54, 1.807) is 12.1 Å². The van der Waals surface area contributed by atoms with Crippen LogP contribution in [0, 0.1) is 5.82 Å². The second-order valence-corrected chi connectivity index (χ2v) is 6.50. The first-order valence-electron chi connectivity index (χ1n) is 8.08. The highest BCUT2D eigenvalue weighted by molar-refractivity contribution is 5.87. The quantitative estimate of drug-likeness (QED) is 0.733. The monoisotopic (exact) mass is 324 g/mol. The molecule has 0 saturated heterocycles. The summed E-state index contributed by atoms with van der Waals surface area (Å²) in [6.07, 6.45) is 2.75. The van der Waals surface area contributed by atoms with Crippen molar-refractivity contribution in [2.24, 2.45) is 0 Å². The molecule has 24 heavy (non-hydrogen) atoms. The Hall–Kier alpha value is -2.62.